The SMILES string of the molecule is CCN(CCNS(=O)(=O)c1ccc(C)cc1)c1ccccc1C. The van der Waals surface area contributed by atoms with E-state index < -0.39 is 10.0 Å². The van der Waals surface area contributed by atoms with E-state index in [0.717, 1.165) is 17.8 Å². The van der Waals surface area contributed by atoms with E-state index in [9.17, 15) is 8.42 Å². The van der Waals surface area contributed by atoms with Gasteiger partial charge in [-0.15, -0.1) is 0 Å². The van der Waals surface area contributed by atoms with Gasteiger partial charge in [-0.1, -0.05) is 35.9 Å². The predicted molar refractivity (Wildman–Crippen MR) is 95.4 cm³/mol. The number of benzene rings is 2. The van der Waals surface area contributed by atoms with Crippen LogP contribution in [0.15, 0.2) is 53.4 Å². The summed E-state index contributed by atoms with van der Waals surface area (Å²) in [6.07, 6.45) is 0. The summed E-state index contributed by atoms with van der Waals surface area (Å²) in [5, 5.41) is 0. The molecule has 0 aliphatic rings. The Bertz CT molecular complexity index is 740. The molecule has 2 rings (SSSR count). The molecule has 0 aromatic heterocycles. The second-order valence-electron chi connectivity index (χ2n) is 5.58. The third kappa shape index (κ3) is 4.56. The average Bonchev–Trinajstić information content (AvgIpc) is 2.53. The van der Waals surface area contributed by atoms with Crippen LogP contribution in [-0.4, -0.2) is 28.1 Å². The van der Waals surface area contributed by atoms with Crippen molar-refractivity contribution in [1.82, 2.24) is 4.72 Å². The quantitative estimate of drug-likeness (QED) is 0.847. The Morgan fingerprint density at radius 1 is 1.00 bits per heavy atom. The van der Waals surface area contributed by atoms with Crippen molar-refractivity contribution in [2.75, 3.05) is 24.5 Å². The first-order chi connectivity index (χ1) is 10.9. The summed E-state index contributed by atoms with van der Waals surface area (Å²) in [5.74, 6) is 0. The molecule has 0 saturated carbocycles. The van der Waals surface area contributed by atoms with Crippen molar-refractivity contribution in [3.63, 3.8) is 0 Å². The first kappa shape index (κ1) is 17.5. The van der Waals surface area contributed by atoms with E-state index in [1.807, 2.05) is 19.1 Å². The Morgan fingerprint density at radius 3 is 2.26 bits per heavy atom. The lowest BCUT2D eigenvalue weighted by atomic mass is 10.2. The number of hydrogen-bond acceptors (Lipinski definition) is 3. The van der Waals surface area contributed by atoms with E-state index >= 15 is 0 Å². The molecule has 4 nitrogen and oxygen atoms in total. The van der Waals surface area contributed by atoms with Gasteiger partial charge in [0.25, 0.3) is 0 Å². The van der Waals surface area contributed by atoms with Crippen LogP contribution in [0.2, 0.25) is 0 Å². The summed E-state index contributed by atoms with van der Waals surface area (Å²) in [6, 6.07) is 15.0. The third-order valence-electron chi connectivity index (χ3n) is 3.84. The number of para-hydroxylation sites is 1. The van der Waals surface area contributed by atoms with Crippen LogP contribution in [0.4, 0.5) is 5.69 Å². The average molecular weight is 332 g/mol. The summed E-state index contributed by atoms with van der Waals surface area (Å²) in [4.78, 5) is 2.48. The molecule has 0 fully saturated rings. The minimum absolute atomic E-state index is 0.307. The molecule has 0 radical (unpaired) electrons. The van der Waals surface area contributed by atoms with E-state index in [1.54, 1.807) is 24.3 Å². The summed E-state index contributed by atoms with van der Waals surface area (Å²) >= 11 is 0. The highest BCUT2D eigenvalue weighted by molar-refractivity contribution is 7.89. The lowest BCUT2D eigenvalue weighted by Crippen LogP contribution is -2.35. The number of nitrogens with zero attached hydrogens (tertiary/aromatic N) is 1. The minimum atomic E-state index is -3.45. The fourth-order valence-corrected chi connectivity index (χ4v) is 3.50. The number of nitrogens with one attached hydrogen (secondary N) is 1. The predicted octanol–water partition coefficient (Wildman–Crippen LogP) is 3.11. The maximum absolute atomic E-state index is 12.3. The summed E-state index contributed by atoms with van der Waals surface area (Å²) in [6.45, 7) is 7.91. The standard InChI is InChI=1S/C18H24N2O2S/c1-4-20(18-8-6-5-7-16(18)3)14-13-19-23(21,22)17-11-9-15(2)10-12-17/h5-12,19H,4,13-14H2,1-3H3. The monoisotopic (exact) mass is 332 g/mol. The highest BCUT2D eigenvalue weighted by Gasteiger charge is 2.14. The van der Waals surface area contributed by atoms with Crippen LogP contribution in [0.5, 0.6) is 0 Å². The molecule has 0 atom stereocenters. The van der Waals surface area contributed by atoms with Gasteiger partial charge in [0.15, 0.2) is 0 Å². The molecule has 1 N–H and O–H groups in total. The van der Waals surface area contributed by atoms with Gasteiger partial charge in [-0.2, -0.15) is 0 Å². The number of sulfonamides is 1. The number of hydrogen-bond donors (Lipinski definition) is 1. The number of anilines is 1. The first-order valence-electron chi connectivity index (χ1n) is 7.81. The van der Waals surface area contributed by atoms with E-state index in [1.165, 1.54) is 5.56 Å². The lowest BCUT2D eigenvalue weighted by molar-refractivity contribution is 0.581. The molecule has 0 aliphatic carbocycles. The Balaban J connectivity index is 2.00. The zero-order valence-corrected chi connectivity index (χ0v) is 14.7. The van der Waals surface area contributed by atoms with E-state index in [4.69, 9.17) is 0 Å². The van der Waals surface area contributed by atoms with Crippen molar-refractivity contribution >= 4 is 15.7 Å². The number of likely N-dealkylation sites (N-methyl/N-ethyl adjacent to an activating group) is 1. The van der Waals surface area contributed by atoms with Crippen molar-refractivity contribution in [1.29, 1.82) is 0 Å². The third-order valence-corrected chi connectivity index (χ3v) is 5.32. The van der Waals surface area contributed by atoms with Crippen molar-refractivity contribution < 1.29 is 8.42 Å². The van der Waals surface area contributed by atoms with E-state index in [0.29, 0.717) is 18.0 Å². The van der Waals surface area contributed by atoms with Gasteiger partial charge in [-0.25, -0.2) is 13.1 Å². The van der Waals surface area contributed by atoms with Crippen LogP contribution in [0.1, 0.15) is 18.1 Å². The second kappa shape index (κ2) is 7.62. The van der Waals surface area contributed by atoms with Gasteiger partial charge < -0.3 is 4.90 Å². The topological polar surface area (TPSA) is 49.4 Å². The molecular formula is C18H24N2O2S. The van der Waals surface area contributed by atoms with Gasteiger partial charge in [0.1, 0.15) is 0 Å². The Kier molecular flexibility index (Phi) is 5.80. The molecule has 0 aliphatic heterocycles. The Morgan fingerprint density at radius 2 is 1.65 bits per heavy atom. The molecular weight excluding hydrogens is 308 g/mol. The lowest BCUT2D eigenvalue weighted by Gasteiger charge is -2.25. The summed E-state index contributed by atoms with van der Waals surface area (Å²) in [7, 11) is -3.45. The van der Waals surface area contributed by atoms with Crippen LogP contribution in [0, 0.1) is 13.8 Å². The maximum Gasteiger partial charge on any atom is 0.240 e. The summed E-state index contributed by atoms with van der Waals surface area (Å²) in [5.41, 5.74) is 3.38. The molecule has 23 heavy (non-hydrogen) atoms. The highest BCUT2D eigenvalue weighted by atomic mass is 32.2. The molecule has 0 unspecified atom stereocenters. The zero-order chi connectivity index (χ0) is 16.9. The molecule has 124 valence electrons. The molecule has 0 saturated heterocycles. The second-order valence-corrected chi connectivity index (χ2v) is 7.34. The van der Waals surface area contributed by atoms with Crippen molar-refractivity contribution in [2.45, 2.75) is 25.7 Å². The van der Waals surface area contributed by atoms with Crippen LogP contribution < -0.4 is 9.62 Å². The number of aryl methyl sites for hydroxylation is 2. The highest BCUT2D eigenvalue weighted by Crippen LogP contribution is 2.18. The van der Waals surface area contributed by atoms with Crippen molar-refractivity contribution in [3.05, 3.63) is 59.7 Å². The normalized spacial score (nSPS) is 11.4. The molecule has 0 bridgehead atoms. The molecule has 2 aromatic carbocycles. The van der Waals surface area contributed by atoms with Crippen LogP contribution in [-0.2, 0) is 10.0 Å². The van der Waals surface area contributed by atoms with Crippen LogP contribution in [0.25, 0.3) is 0 Å². The van der Waals surface area contributed by atoms with Gasteiger partial charge in [-0.3, -0.25) is 0 Å². The van der Waals surface area contributed by atoms with Crippen molar-refractivity contribution in [3.8, 4) is 0 Å². The molecule has 5 heteroatoms. The number of rotatable bonds is 7. The molecule has 2 aromatic rings. The Hall–Kier alpha value is -1.85. The van der Waals surface area contributed by atoms with Gasteiger partial charge in [-0.05, 0) is 44.5 Å². The van der Waals surface area contributed by atoms with Gasteiger partial charge >= 0.3 is 0 Å². The van der Waals surface area contributed by atoms with Gasteiger partial charge in [0.05, 0.1) is 4.90 Å². The minimum Gasteiger partial charge on any atom is -0.370 e. The van der Waals surface area contributed by atoms with Crippen LogP contribution >= 0.6 is 0 Å². The Labute approximate surface area is 139 Å². The molecule has 0 heterocycles. The van der Waals surface area contributed by atoms with Gasteiger partial charge in [0, 0.05) is 25.3 Å². The van der Waals surface area contributed by atoms with Gasteiger partial charge in [0.2, 0.25) is 10.0 Å². The van der Waals surface area contributed by atoms with E-state index in [-0.39, 0.29) is 0 Å². The zero-order valence-electron chi connectivity index (χ0n) is 13.9. The summed E-state index contributed by atoms with van der Waals surface area (Å²) < 4.78 is 27.3. The molecule has 0 spiro atoms. The van der Waals surface area contributed by atoms with Crippen molar-refractivity contribution in [2.24, 2.45) is 0 Å². The maximum atomic E-state index is 12.3. The first-order valence-corrected chi connectivity index (χ1v) is 9.29. The van der Waals surface area contributed by atoms with E-state index in [2.05, 4.69) is 35.6 Å². The largest absolute Gasteiger partial charge is 0.370 e. The fraction of sp³-hybridized carbons (Fsp3) is 0.333. The fourth-order valence-electron chi connectivity index (χ4n) is 2.48. The smallest absolute Gasteiger partial charge is 0.240 e. The van der Waals surface area contributed by atoms with Crippen LogP contribution in [0.3, 0.4) is 0 Å². The molecule has 0 amide bonds.